The smallest absolute Gasteiger partial charge is 0.352 e. The Balaban J connectivity index is 1.57. The third kappa shape index (κ3) is 4.07. The topological polar surface area (TPSA) is 122 Å². The summed E-state index contributed by atoms with van der Waals surface area (Å²) in [6.45, 7) is 3.59. The highest BCUT2D eigenvalue weighted by molar-refractivity contribution is 8.23. The second-order valence-electron chi connectivity index (χ2n) is 7.72. The van der Waals surface area contributed by atoms with Crippen LogP contribution in [-0.4, -0.2) is 71.3 Å². The minimum Gasteiger partial charge on any atom is -0.508 e. The molecule has 0 radical (unpaired) electrons. The molecule has 3 aliphatic rings. The number of phenolic OH excluding ortho intramolecular Hbond substituents is 1. The predicted molar refractivity (Wildman–Crippen MR) is 126 cm³/mol. The largest absolute Gasteiger partial charge is 0.508 e. The predicted octanol–water partition coefficient (Wildman–Crippen LogP) is 1.42. The van der Waals surface area contributed by atoms with Gasteiger partial charge < -0.3 is 20.8 Å². The van der Waals surface area contributed by atoms with E-state index in [0.29, 0.717) is 27.1 Å². The summed E-state index contributed by atoms with van der Waals surface area (Å²) in [5, 5.41) is 24.7. The number of fused-ring (bicyclic) bond motifs is 1. The molecular formula is C20H22N4O5S3. The van der Waals surface area contributed by atoms with Crippen LogP contribution in [0.15, 0.2) is 35.5 Å². The molecule has 0 aromatic heterocycles. The first-order chi connectivity index (χ1) is 15.2. The van der Waals surface area contributed by atoms with Gasteiger partial charge >= 0.3 is 5.97 Å². The van der Waals surface area contributed by atoms with E-state index in [9.17, 15) is 24.6 Å². The summed E-state index contributed by atoms with van der Waals surface area (Å²) < 4.78 is 0.644. The maximum atomic E-state index is 13.5. The third-order valence-corrected chi connectivity index (χ3v) is 8.32. The lowest BCUT2D eigenvalue weighted by molar-refractivity contribution is -0.151. The molecule has 3 heterocycles. The van der Waals surface area contributed by atoms with E-state index in [1.807, 2.05) is 11.8 Å². The number of aromatic hydroxyl groups is 1. The number of rotatable bonds is 5. The minimum atomic E-state index is -1.14. The number of hydrogen-bond donors (Lipinski definition) is 4. The monoisotopic (exact) mass is 494 g/mol. The van der Waals surface area contributed by atoms with Gasteiger partial charge in [0.25, 0.3) is 5.91 Å². The van der Waals surface area contributed by atoms with Crippen molar-refractivity contribution in [1.82, 2.24) is 20.4 Å². The van der Waals surface area contributed by atoms with Crippen LogP contribution in [0.25, 0.3) is 0 Å². The molecule has 1 aromatic rings. The molecule has 9 nitrogen and oxygen atoms in total. The Morgan fingerprint density at radius 3 is 2.62 bits per heavy atom. The van der Waals surface area contributed by atoms with E-state index in [4.69, 9.17) is 12.2 Å². The number of nitrogens with zero attached hydrogens (tertiary/aromatic N) is 2. The number of amides is 2. The molecule has 32 heavy (non-hydrogen) atoms. The molecule has 2 amide bonds. The highest BCUT2D eigenvalue weighted by Gasteiger charge is 2.54. The van der Waals surface area contributed by atoms with Gasteiger partial charge in [0.1, 0.15) is 33.2 Å². The molecule has 4 atom stereocenters. The number of thiocarbonyl (C=S) groups is 1. The summed E-state index contributed by atoms with van der Waals surface area (Å²) in [5.41, 5.74) is 1.28. The van der Waals surface area contributed by atoms with Crippen molar-refractivity contribution in [3.63, 3.8) is 0 Å². The Kier molecular flexibility index (Phi) is 6.39. The number of nitrogens with one attached hydrogen (secondary N) is 2. The molecule has 2 fully saturated rings. The summed E-state index contributed by atoms with van der Waals surface area (Å²) in [6.07, 6.45) is -0.227. The molecule has 0 aliphatic carbocycles. The average Bonchev–Trinajstić information content (AvgIpc) is 2.74. The van der Waals surface area contributed by atoms with Crippen LogP contribution in [0.1, 0.15) is 25.5 Å². The Morgan fingerprint density at radius 1 is 1.31 bits per heavy atom. The van der Waals surface area contributed by atoms with Crippen molar-refractivity contribution in [1.29, 1.82) is 0 Å². The van der Waals surface area contributed by atoms with Crippen molar-refractivity contribution in [2.24, 2.45) is 0 Å². The summed E-state index contributed by atoms with van der Waals surface area (Å²) in [6, 6.07) is 4.81. The Morgan fingerprint density at radius 2 is 2.00 bits per heavy atom. The van der Waals surface area contributed by atoms with Gasteiger partial charge in [-0.3, -0.25) is 19.4 Å². The van der Waals surface area contributed by atoms with E-state index in [2.05, 4.69) is 10.6 Å². The van der Waals surface area contributed by atoms with Crippen molar-refractivity contribution in [2.45, 2.75) is 37.5 Å². The van der Waals surface area contributed by atoms with E-state index in [1.54, 1.807) is 19.1 Å². The Bertz CT molecular complexity index is 1010. The molecule has 12 heteroatoms. The first-order valence-corrected chi connectivity index (χ1v) is 12.3. The van der Waals surface area contributed by atoms with Gasteiger partial charge in [-0.15, -0.1) is 11.8 Å². The standard InChI is InChI=1S/C20H22N4O5S3/c1-9-7-31-18-13(17(27)24(18)14(9)19(28)29)22-16(26)15(11-3-5-12(25)6-4-11)23-8-32-20(30)21-10(23)2/h3-6,10,13,15,18,25H,7-8H2,1-2H3,(H,21,30)(H,22,26)(H,28,29)/t10?,13-,15?,18-/m1/s1. The first-order valence-electron chi connectivity index (χ1n) is 9.85. The molecule has 2 unspecified atom stereocenters. The zero-order chi connectivity index (χ0) is 23.2. The molecule has 4 N–H and O–H groups in total. The minimum absolute atomic E-state index is 0.00176. The van der Waals surface area contributed by atoms with Gasteiger partial charge in [-0.25, -0.2) is 4.79 Å². The Hall–Kier alpha value is -2.28. The van der Waals surface area contributed by atoms with Crippen molar-refractivity contribution in [3.8, 4) is 5.75 Å². The van der Waals surface area contributed by atoms with Crippen LogP contribution in [0.5, 0.6) is 5.75 Å². The van der Waals surface area contributed by atoms with Crippen LogP contribution < -0.4 is 10.6 Å². The lowest BCUT2D eigenvalue weighted by Gasteiger charge is -2.50. The van der Waals surface area contributed by atoms with Crippen LogP contribution in [0.4, 0.5) is 0 Å². The zero-order valence-corrected chi connectivity index (χ0v) is 19.7. The summed E-state index contributed by atoms with van der Waals surface area (Å²) in [7, 11) is 0. The summed E-state index contributed by atoms with van der Waals surface area (Å²) in [4.78, 5) is 41.1. The van der Waals surface area contributed by atoms with E-state index in [1.165, 1.54) is 40.6 Å². The SMILES string of the molecule is CC1=C(C(=O)O)N2C(=O)[C@@H](NC(=O)C(c3ccc(O)cc3)N3CSC(=S)NC3C)[C@H]2SC1. The molecule has 170 valence electrons. The van der Waals surface area contributed by atoms with Gasteiger partial charge in [-0.2, -0.15) is 0 Å². The van der Waals surface area contributed by atoms with E-state index >= 15 is 0 Å². The molecule has 2 saturated heterocycles. The van der Waals surface area contributed by atoms with Gasteiger partial charge in [-0.1, -0.05) is 36.1 Å². The molecule has 0 spiro atoms. The number of hydrogen-bond acceptors (Lipinski definition) is 8. The second kappa shape index (κ2) is 8.93. The fourth-order valence-electron chi connectivity index (χ4n) is 4.00. The van der Waals surface area contributed by atoms with Crippen LogP contribution in [-0.2, 0) is 14.4 Å². The molecule has 4 rings (SSSR count). The third-order valence-electron chi connectivity index (χ3n) is 5.62. The van der Waals surface area contributed by atoms with Crippen LogP contribution >= 0.6 is 35.7 Å². The van der Waals surface area contributed by atoms with Crippen molar-refractivity contribution < 1.29 is 24.6 Å². The maximum Gasteiger partial charge on any atom is 0.352 e. The molecular weight excluding hydrogens is 472 g/mol. The zero-order valence-electron chi connectivity index (χ0n) is 17.3. The highest BCUT2D eigenvalue weighted by Crippen LogP contribution is 2.40. The number of thioether (sulfide) groups is 2. The second-order valence-corrected chi connectivity index (χ2v) is 10.4. The lowest BCUT2D eigenvalue weighted by atomic mass is 10.00. The number of carbonyl (C=O) groups is 3. The van der Waals surface area contributed by atoms with Gasteiger partial charge in [0.2, 0.25) is 5.91 Å². The number of β-lactam (4-membered cyclic amide) rings is 1. The molecule has 0 saturated carbocycles. The highest BCUT2D eigenvalue weighted by atomic mass is 32.2. The van der Waals surface area contributed by atoms with E-state index < -0.39 is 29.3 Å². The first kappa shape index (κ1) is 22.9. The Labute approximate surface area is 198 Å². The number of aliphatic carboxylic acids is 1. The molecule has 0 bridgehead atoms. The lowest BCUT2D eigenvalue weighted by Crippen LogP contribution is -2.71. The molecule has 1 aromatic carbocycles. The van der Waals surface area contributed by atoms with Gasteiger partial charge in [-0.05, 0) is 37.1 Å². The normalized spacial score (nSPS) is 26.7. The van der Waals surface area contributed by atoms with Crippen molar-refractivity contribution in [3.05, 3.63) is 41.1 Å². The number of carbonyl (C=O) groups excluding carboxylic acids is 2. The summed E-state index contributed by atoms with van der Waals surface area (Å²) in [5.74, 6) is -0.920. The van der Waals surface area contributed by atoms with Gasteiger partial charge in [0.15, 0.2) is 0 Å². The number of carboxylic acids is 1. The van der Waals surface area contributed by atoms with Crippen LogP contribution in [0.3, 0.4) is 0 Å². The van der Waals surface area contributed by atoms with E-state index in [0.717, 1.165) is 0 Å². The van der Waals surface area contributed by atoms with Crippen LogP contribution in [0, 0.1) is 0 Å². The van der Waals surface area contributed by atoms with Crippen LogP contribution in [0.2, 0.25) is 0 Å². The number of carboxylic acid groups (broad SMARTS) is 1. The van der Waals surface area contributed by atoms with Crippen molar-refractivity contribution in [2.75, 3.05) is 11.6 Å². The van der Waals surface area contributed by atoms with Crippen molar-refractivity contribution >= 4 is 57.8 Å². The average molecular weight is 495 g/mol. The summed E-state index contributed by atoms with van der Waals surface area (Å²) >= 11 is 8.06. The molecule has 3 aliphatic heterocycles. The van der Waals surface area contributed by atoms with Gasteiger partial charge in [0, 0.05) is 5.75 Å². The number of benzene rings is 1. The fraction of sp³-hybridized carbons (Fsp3) is 0.400. The fourth-order valence-corrected chi connectivity index (χ4v) is 6.51. The maximum absolute atomic E-state index is 13.5. The van der Waals surface area contributed by atoms with Gasteiger partial charge in [0.05, 0.1) is 12.0 Å². The van der Waals surface area contributed by atoms with E-state index in [-0.39, 0.29) is 23.5 Å². The number of phenols is 1. The quantitative estimate of drug-likeness (QED) is 0.353.